The second kappa shape index (κ2) is 10.6. The summed E-state index contributed by atoms with van der Waals surface area (Å²) in [5.74, 6) is 0.520. The summed E-state index contributed by atoms with van der Waals surface area (Å²) >= 11 is 0. The summed E-state index contributed by atoms with van der Waals surface area (Å²) in [7, 11) is 1.63. The van der Waals surface area contributed by atoms with Crippen molar-refractivity contribution in [1.82, 2.24) is 19.7 Å². The van der Waals surface area contributed by atoms with Gasteiger partial charge in [-0.05, 0) is 79.3 Å². The molecule has 0 bridgehead atoms. The number of halogens is 1. The summed E-state index contributed by atoms with van der Waals surface area (Å²) in [6.07, 6.45) is 4.15. The van der Waals surface area contributed by atoms with Gasteiger partial charge in [0.2, 0.25) is 5.91 Å². The Morgan fingerprint density at radius 3 is 2.25 bits per heavy atom. The van der Waals surface area contributed by atoms with Crippen LogP contribution in [-0.4, -0.2) is 78.0 Å². The van der Waals surface area contributed by atoms with E-state index in [0.29, 0.717) is 39.0 Å². The van der Waals surface area contributed by atoms with E-state index in [0.717, 1.165) is 59.4 Å². The van der Waals surface area contributed by atoms with Crippen molar-refractivity contribution in [3.8, 4) is 17.0 Å². The van der Waals surface area contributed by atoms with Crippen LogP contribution in [-0.2, 0) is 11.2 Å². The molecule has 0 saturated carbocycles. The average molecular weight is 493 g/mol. The van der Waals surface area contributed by atoms with Crippen LogP contribution in [0.5, 0.6) is 5.75 Å². The minimum atomic E-state index is -0.301. The molecule has 3 heterocycles. The molecule has 0 radical (unpaired) electrons. The van der Waals surface area contributed by atoms with Gasteiger partial charge in [0.05, 0.1) is 7.11 Å². The zero-order valence-electron chi connectivity index (χ0n) is 20.8. The van der Waals surface area contributed by atoms with Crippen molar-refractivity contribution >= 4 is 22.8 Å². The van der Waals surface area contributed by atoms with E-state index in [1.54, 1.807) is 13.2 Å². The number of hydrogen-bond acceptors (Lipinski definition) is 3. The molecule has 2 fully saturated rings. The van der Waals surface area contributed by atoms with Gasteiger partial charge >= 0.3 is 6.03 Å². The van der Waals surface area contributed by atoms with Crippen molar-refractivity contribution in [3.05, 3.63) is 53.8 Å². The Hall–Kier alpha value is -3.55. The molecule has 8 heteroatoms. The minimum Gasteiger partial charge on any atom is -0.497 e. The molecule has 1 aromatic heterocycles. The van der Waals surface area contributed by atoms with Crippen molar-refractivity contribution in [1.29, 1.82) is 0 Å². The summed E-state index contributed by atoms with van der Waals surface area (Å²) in [5, 5.41) is 0.797. The topological polar surface area (TPSA) is 68.9 Å². The third kappa shape index (κ3) is 5.03. The first kappa shape index (κ1) is 24.2. The summed E-state index contributed by atoms with van der Waals surface area (Å²) in [6, 6.07) is 12.5. The lowest BCUT2D eigenvalue weighted by molar-refractivity contribution is -0.132. The molecule has 1 N–H and O–H groups in total. The maximum Gasteiger partial charge on any atom is 0.320 e. The summed E-state index contributed by atoms with van der Waals surface area (Å²) in [5.41, 5.74) is 3.62. The first-order valence-electron chi connectivity index (χ1n) is 12.8. The van der Waals surface area contributed by atoms with Gasteiger partial charge in [0.15, 0.2) is 0 Å². The second-order valence-corrected chi connectivity index (χ2v) is 9.60. The average Bonchev–Trinajstić information content (AvgIpc) is 3.29. The van der Waals surface area contributed by atoms with Crippen molar-refractivity contribution in [2.75, 3.05) is 46.4 Å². The normalized spacial score (nSPS) is 16.4. The molecular weight excluding hydrogens is 459 g/mol. The van der Waals surface area contributed by atoms with Crippen LogP contribution >= 0.6 is 0 Å². The Balaban J connectivity index is 1.26. The molecule has 0 aliphatic carbocycles. The van der Waals surface area contributed by atoms with Gasteiger partial charge in [-0.2, -0.15) is 0 Å². The summed E-state index contributed by atoms with van der Waals surface area (Å²) in [4.78, 5) is 35.0. The largest absolute Gasteiger partial charge is 0.497 e. The second-order valence-electron chi connectivity index (χ2n) is 9.60. The van der Waals surface area contributed by atoms with Gasteiger partial charge in [0.1, 0.15) is 11.6 Å². The molecule has 2 aliphatic heterocycles. The fourth-order valence-corrected chi connectivity index (χ4v) is 5.31. The quantitative estimate of drug-likeness (QED) is 0.563. The number of aryl methyl sites for hydroxylation is 1. The van der Waals surface area contributed by atoms with E-state index in [1.807, 2.05) is 39.0 Å². The Morgan fingerprint density at radius 1 is 0.889 bits per heavy atom. The standard InChI is InChI=1S/C28H33FN4O3/c1-36-22-8-5-20(6-9-22)27-23(24-19-21(29)7-11-25(24)30-27)10-12-26(34)31-15-17-33(18-16-31)28(35)32-13-3-2-4-14-32/h5-9,11,19,30H,2-4,10,12-18H2,1H3. The third-order valence-corrected chi connectivity index (χ3v) is 7.37. The number of likely N-dealkylation sites (tertiary alicyclic amines) is 1. The maximum absolute atomic E-state index is 14.1. The number of piperazine rings is 1. The third-order valence-electron chi connectivity index (χ3n) is 7.37. The monoisotopic (exact) mass is 492 g/mol. The predicted octanol–water partition coefficient (Wildman–Crippen LogP) is 4.67. The maximum atomic E-state index is 14.1. The highest BCUT2D eigenvalue weighted by Crippen LogP contribution is 2.33. The van der Waals surface area contributed by atoms with E-state index >= 15 is 0 Å². The molecule has 0 atom stereocenters. The molecule has 7 nitrogen and oxygen atoms in total. The molecule has 0 unspecified atom stereocenters. The number of nitrogens with one attached hydrogen (secondary N) is 1. The number of piperidine rings is 1. The SMILES string of the molecule is COc1ccc(-c2[nH]c3ccc(F)cc3c2CCC(=O)N2CCN(C(=O)N3CCCCC3)CC2)cc1. The van der Waals surface area contributed by atoms with E-state index in [-0.39, 0.29) is 17.8 Å². The number of aromatic amines is 1. The Bertz CT molecular complexity index is 1230. The van der Waals surface area contributed by atoms with Crippen LogP contribution in [0.25, 0.3) is 22.2 Å². The van der Waals surface area contributed by atoms with Crippen molar-refractivity contribution in [2.24, 2.45) is 0 Å². The fourth-order valence-electron chi connectivity index (χ4n) is 5.31. The number of rotatable bonds is 5. The molecular formula is C28H33FN4O3. The smallest absolute Gasteiger partial charge is 0.320 e. The Kier molecular flexibility index (Phi) is 7.11. The van der Waals surface area contributed by atoms with Crippen LogP contribution in [0.2, 0.25) is 0 Å². The highest BCUT2D eigenvalue weighted by atomic mass is 19.1. The summed E-state index contributed by atoms with van der Waals surface area (Å²) in [6.45, 7) is 3.89. The van der Waals surface area contributed by atoms with Crippen molar-refractivity contribution in [2.45, 2.75) is 32.1 Å². The van der Waals surface area contributed by atoms with Crippen LogP contribution in [0.3, 0.4) is 0 Å². The predicted molar refractivity (Wildman–Crippen MR) is 138 cm³/mol. The van der Waals surface area contributed by atoms with E-state index in [2.05, 4.69) is 4.98 Å². The molecule has 3 aromatic rings. The molecule has 0 spiro atoms. The number of benzene rings is 2. The molecule has 2 aliphatic rings. The minimum absolute atomic E-state index is 0.0616. The van der Waals surface area contributed by atoms with Crippen LogP contribution in [0, 0.1) is 5.82 Å². The van der Waals surface area contributed by atoms with Gasteiger partial charge in [0.25, 0.3) is 0 Å². The van der Waals surface area contributed by atoms with E-state index in [4.69, 9.17) is 4.74 Å². The molecule has 36 heavy (non-hydrogen) atoms. The van der Waals surface area contributed by atoms with E-state index in [9.17, 15) is 14.0 Å². The number of carbonyl (C=O) groups is 2. The lowest BCUT2D eigenvalue weighted by atomic mass is 10.0. The number of fused-ring (bicyclic) bond motifs is 1. The number of hydrogen-bond donors (Lipinski definition) is 1. The highest BCUT2D eigenvalue weighted by Gasteiger charge is 2.28. The number of ether oxygens (including phenoxy) is 1. The Morgan fingerprint density at radius 2 is 1.56 bits per heavy atom. The lowest BCUT2D eigenvalue weighted by Gasteiger charge is -2.38. The van der Waals surface area contributed by atoms with E-state index in [1.165, 1.54) is 18.6 Å². The van der Waals surface area contributed by atoms with Gasteiger partial charge in [-0.1, -0.05) is 0 Å². The number of carbonyl (C=O) groups excluding carboxylic acids is 2. The molecule has 2 aromatic carbocycles. The zero-order valence-corrected chi connectivity index (χ0v) is 20.8. The van der Waals surface area contributed by atoms with Crippen LogP contribution in [0.4, 0.5) is 9.18 Å². The number of methoxy groups -OCH3 is 1. The van der Waals surface area contributed by atoms with Gasteiger partial charge < -0.3 is 24.4 Å². The number of nitrogens with zero attached hydrogens (tertiary/aromatic N) is 3. The lowest BCUT2D eigenvalue weighted by Crippen LogP contribution is -2.54. The highest BCUT2D eigenvalue weighted by molar-refractivity contribution is 5.91. The zero-order chi connectivity index (χ0) is 25.1. The van der Waals surface area contributed by atoms with Crippen LogP contribution in [0.1, 0.15) is 31.2 Å². The number of amides is 3. The van der Waals surface area contributed by atoms with Gasteiger partial charge in [-0.3, -0.25) is 4.79 Å². The fraction of sp³-hybridized carbons (Fsp3) is 0.429. The molecule has 190 valence electrons. The first-order chi connectivity index (χ1) is 17.5. The van der Waals surface area contributed by atoms with Gasteiger partial charge in [-0.15, -0.1) is 0 Å². The number of urea groups is 1. The first-order valence-corrected chi connectivity index (χ1v) is 12.8. The van der Waals surface area contributed by atoms with Gasteiger partial charge in [-0.25, -0.2) is 9.18 Å². The Labute approximate surface area is 210 Å². The van der Waals surface area contributed by atoms with E-state index < -0.39 is 0 Å². The summed E-state index contributed by atoms with van der Waals surface area (Å²) < 4.78 is 19.4. The molecule has 2 saturated heterocycles. The van der Waals surface area contributed by atoms with Crippen molar-refractivity contribution < 1.29 is 18.7 Å². The van der Waals surface area contributed by atoms with Crippen LogP contribution in [0.15, 0.2) is 42.5 Å². The molecule has 3 amide bonds. The van der Waals surface area contributed by atoms with Crippen molar-refractivity contribution in [3.63, 3.8) is 0 Å². The number of aromatic nitrogens is 1. The molecule has 5 rings (SSSR count). The van der Waals surface area contributed by atoms with Gasteiger partial charge in [0, 0.05) is 62.3 Å². The number of H-pyrrole nitrogens is 1. The van der Waals surface area contributed by atoms with Crippen LogP contribution < -0.4 is 4.74 Å².